The number of aliphatic hydroxyl groups excluding tert-OH is 2. The molecule has 3 aromatic rings. The average molecular weight is 474 g/mol. The number of carbonyl (C=O) groups is 1. The van der Waals surface area contributed by atoms with Crippen molar-refractivity contribution < 1.29 is 24.5 Å². The van der Waals surface area contributed by atoms with Gasteiger partial charge in [0.25, 0.3) is 5.91 Å². The lowest BCUT2D eigenvalue weighted by Gasteiger charge is -2.32. The molecule has 0 bridgehead atoms. The summed E-state index contributed by atoms with van der Waals surface area (Å²) in [5, 5.41) is 34.4. The quantitative estimate of drug-likeness (QED) is 0.344. The standard InChI is InChI=1S/C22H21ClFN5O4/c1-11-8-12(24)6-7-13(11)18-17-19(28-22(27-18)26-15(9-30)21(32)33)29(10-25-20(17)31)16-5-3-2-4-14(16)23/h2-8,15,21,30,32-33H,9-10H2,1H3,(H,25,31)(H,26,27,28). The Balaban J connectivity index is 1.96. The van der Waals surface area contributed by atoms with E-state index in [1.807, 2.05) is 0 Å². The van der Waals surface area contributed by atoms with Crippen molar-refractivity contribution in [2.45, 2.75) is 19.3 Å². The first-order valence-corrected chi connectivity index (χ1v) is 10.4. The number of amides is 1. The van der Waals surface area contributed by atoms with E-state index in [-0.39, 0.29) is 29.7 Å². The average Bonchev–Trinajstić information content (AvgIpc) is 2.78. The maximum atomic E-state index is 13.8. The molecule has 1 atom stereocenters. The van der Waals surface area contributed by atoms with Gasteiger partial charge in [-0.3, -0.25) is 4.79 Å². The summed E-state index contributed by atoms with van der Waals surface area (Å²) in [4.78, 5) is 23.5. The zero-order valence-corrected chi connectivity index (χ0v) is 18.2. The van der Waals surface area contributed by atoms with Crippen molar-refractivity contribution in [3.63, 3.8) is 0 Å². The van der Waals surface area contributed by atoms with Crippen LogP contribution in [-0.2, 0) is 0 Å². The summed E-state index contributed by atoms with van der Waals surface area (Å²) in [5.41, 5.74) is 1.95. The largest absolute Gasteiger partial charge is 0.394 e. The summed E-state index contributed by atoms with van der Waals surface area (Å²) in [6.07, 6.45) is -1.89. The monoisotopic (exact) mass is 473 g/mol. The van der Waals surface area contributed by atoms with Gasteiger partial charge in [-0.2, -0.15) is 4.98 Å². The number of nitrogens with zero attached hydrogens (tertiary/aromatic N) is 3. The van der Waals surface area contributed by atoms with E-state index in [0.29, 0.717) is 21.8 Å². The zero-order chi connectivity index (χ0) is 23.7. The molecule has 0 fully saturated rings. The lowest BCUT2D eigenvalue weighted by Crippen LogP contribution is -2.43. The molecule has 5 N–H and O–H groups in total. The van der Waals surface area contributed by atoms with Crippen LogP contribution in [0, 0.1) is 12.7 Å². The molecule has 0 radical (unpaired) electrons. The Morgan fingerprint density at radius 2 is 2.00 bits per heavy atom. The number of hydrogen-bond donors (Lipinski definition) is 5. The summed E-state index contributed by atoms with van der Waals surface area (Å²) in [6, 6.07) is 9.90. The van der Waals surface area contributed by atoms with Crippen LogP contribution in [0.3, 0.4) is 0 Å². The van der Waals surface area contributed by atoms with Gasteiger partial charge in [-0.1, -0.05) is 23.7 Å². The SMILES string of the molecule is Cc1cc(F)ccc1-c1nc(NC(CO)C(O)O)nc2c1C(=O)NCN2c1ccccc1Cl. The number of fused-ring (bicyclic) bond motifs is 1. The highest BCUT2D eigenvalue weighted by Crippen LogP contribution is 2.38. The number of rotatable bonds is 6. The Morgan fingerprint density at radius 3 is 2.67 bits per heavy atom. The van der Waals surface area contributed by atoms with Crippen LogP contribution >= 0.6 is 11.6 Å². The first kappa shape index (κ1) is 22.9. The Bertz CT molecular complexity index is 1210. The van der Waals surface area contributed by atoms with Crippen LogP contribution < -0.4 is 15.5 Å². The molecule has 0 saturated carbocycles. The molecule has 1 aromatic heterocycles. The Hall–Kier alpha value is -3.31. The normalized spacial score (nSPS) is 14.2. The van der Waals surface area contributed by atoms with Crippen LogP contribution in [0.5, 0.6) is 0 Å². The fourth-order valence-corrected chi connectivity index (χ4v) is 3.81. The lowest BCUT2D eigenvalue weighted by molar-refractivity contribution is -0.0628. The molecule has 11 heteroatoms. The number of aromatic nitrogens is 2. The predicted octanol–water partition coefficient (Wildman–Crippen LogP) is 2.17. The topological polar surface area (TPSA) is 131 Å². The van der Waals surface area contributed by atoms with Crippen LogP contribution in [0.2, 0.25) is 5.02 Å². The number of halogens is 2. The van der Waals surface area contributed by atoms with Gasteiger partial charge in [0.05, 0.1) is 29.7 Å². The highest BCUT2D eigenvalue weighted by Gasteiger charge is 2.32. The van der Waals surface area contributed by atoms with Crippen LogP contribution in [0.4, 0.5) is 21.8 Å². The van der Waals surface area contributed by atoms with Gasteiger partial charge in [-0.05, 0) is 42.8 Å². The number of benzene rings is 2. The number of aryl methyl sites for hydroxylation is 1. The maximum absolute atomic E-state index is 13.8. The molecule has 1 amide bonds. The van der Waals surface area contributed by atoms with Crippen molar-refractivity contribution in [3.05, 3.63) is 64.4 Å². The molecule has 0 spiro atoms. The maximum Gasteiger partial charge on any atom is 0.258 e. The van der Waals surface area contributed by atoms with Crippen molar-refractivity contribution in [2.75, 3.05) is 23.5 Å². The summed E-state index contributed by atoms with van der Waals surface area (Å²) >= 11 is 6.39. The highest BCUT2D eigenvalue weighted by atomic mass is 35.5. The van der Waals surface area contributed by atoms with Crippen molar-refractivity contribution in [1.82, 2.24) is 15.3 Å². The number of hydrogen-bond acceptors (Lipinski definition) is 8. The Kier molecular flexibility index (Phi) is 6.43. The fraction of sp³-hybridized carbons (Fsp3) is 0.227. The van der Waals surface area contributed by atoms with Gasteiger partial charge in [0.15, 0.2) is 12.1 Å². The van der Waals surface area contributed by atoms with Gasteiger partial charge < -0.3 is 30.9 Å². The third-order valence-corrected chi connectivity index (χ3v) is 5.55. The van der Waals surface area contributed by atoms with E-state index in [4.69, 9.17) is 11.6 Å². The number of para-hydroxylation sites is 1. The summed E-state index contributed by atoms with van der Waals surface area (Å²) in [5.74, 6) is -0.721. The second-order valence-electron chi connectivity index (χ2n) is 7.44. The molecule has 33 heavy (non-hydrogen) atoms. The molecule has 1 aliphatic rings. The number of aliphatic hydroxyl groups is 3. The minimum atomic E-state index is -1.89. The second kappa shape index (κ2) is 9.28. The number of anilines is 3. The van der Waals surface area contributed by atoms with E-state index >= 15 is 0 Å². The fourth-order valence-electron chi connectivity index (χ4n) is 3.57. The highest BCUT2D eigenvalue weighted by molar-refractivity contribution is 6.33. The number of nitrogens with one attached hydrogen (secondary N) is 2. The van der Waals surface area contributed by atoms with Gasteiger partial charge >= 0.3 is 0 Å². The Labute approximate surface area is 193 Å². The first-order chi connectivity index (χ1) is 15.8. The molecular formula is C22H21ClFN5O4. The van der Waals surface area contributed by atoms with Gasteiger partial charge in [0.2, 0.25) is 5.95 Å². The lowest BCUT2D eigenvalue weighted by atomic mass is 9.99. The van der Waals surface area contributed by atoms with Crippen molar-refractivity contribution in [2.24, 2.45) is 0 Å². The van der Waals surface area contributed by atoms with Gasteiger partial charge in [0, 0.05) is 5.56 Å². The van der Waals surface area contributed by atoms with Gasteiger partial charge in [0.1, 0.15) is 17.4 Å². The molecule has 2 aromatic carbocycles. The summed E-state index contributed by atoms with van der Waals surface area (Å²) in [7, 11) is 0. The molecular weight excluding hydrogens is 453 g/mol. The predicted molar refractivity (Wildman–Crippen MR) is 121 cm³/mol. The van der Waals surface area contributed by atoms with E-state index in [1.54, 1.807) is 36.1 Å². The smallest absolute Gasteiger partial charge is 0.258 e. The molecule has 9 nitrogen and oxygen atoms in total. The third-order valence-electron chi connectivity index (χ3n) is 5.23. The van der Waals surface area contributed by atoms with E-state index < -0.39 is 30.7 Å². The van der Waals surface area contributed by atoms with E-state index in [2.05, 4.69) is 20.6 Å². The molecule has 1 aliphatic heterocycles. The minimum absolute atomic E-state index is 0.0635. The first-order valence-electron chi connectivity index (χ1n) is 10.0. The van der Waals surface area contributed by atoms with Crippen LogP contribution in [0.1, 0.15) is 15.9 Å². The summed E-state index contributed by atoms with van der Waals surface area (Å²) < 4.78 is 13.8. The van der Waals surface area contributed by atoms with E-state index in [9.17, 15) is 24.5 Å². The zero-order valence-electron chi connectivity index (χ0n) is 17.5. The molecule has 0 saturated heterocycles. The van der Waals surface area contributed by atoms with Crippen molar-refractivity contribution in [3.8, 4) is 11.3 Å². The van der Waals surface area contributed by atoms with Crippen LogP contribution in [0.25, 0.3) is 11.3 Å². The minimum Gasteiger partial charge on any atom is -0.394 e. The molecule has 4 rings (SSSR count). The van der Waals surface area contributed by atoms with Gasteiger partial charge in [-0.25, -0.2) is 9.37 Å². The van der Waals surface area contributed by atoms with Crippen molar-refractivity contribution in [1.29, 1.82) is 0 Å². The van der Waals surface area contributed by atoms with Crippen LogP contribution in [-0.4, -0.2) is 56.8 Å². The summed E-state index contributed by atoms with van der Waals surface area (Å²) in [6.45, 7) is 1.14. The van der Waals surface area contributed by atoms with Gasteiger partial charge in [-0.15, -0.1) is 0 Å². The van der Waals surface area contributed by atoms with Crippen molar-refractivity contribution >= 4 is 35.0 Å². The van der Waals surface area contributed by atoms with Crippen LogP contribution in [0.15, 0.2) is 42.5 Å². The number of carbonyl (C=O) groups excluding carboxylic acids is 1. The van der Waals surface area contributed by atoms with E-state index in [0.717, 1.165) is 0 Å². The third kappa shape index (κ3) is 4.46. The molecule has 2 heterocycles. The van der Waals surface area contributed by atoms with E-state index in [1.165, 1.54) is 18.2 Å². The molecule has 0 aliphatic carbocycles. The second-order valence-corrected chi connectivity index (χ2v) is 7.85. The molecule has 172 valence electrons. The molecule has 1 unspecified atom stereocenters. The Morgan fingerprint density at radius 1 is 1.24 bits per heavy atom.